The molecule has 0 saturated carbocycles. The number of carbonyl (C=O) groups is 1. The van der Waals surface area contributed by atoms with Crippen molar-refractivity contribution in [2.45, 2.75) is 51.2 Å². The largest absolute Gasteiger partial charge is 0.393 e. The van der Waals surface area contributed by atoms with Crippen LogP contribution in [0.15, 0.2) is 42.5 Å². The molecule has 4 N–H and O–H groups in total. The van der Waals surface area contributed by atoms with E-state index in [1.54, 1.807) is 13.8 Å². The first-order valence-corrected chi connectivity index (χ1v) is 8.76. The smallest absolute Gasteiger partial charge is 0.220 e. The van der Waals surface area contributed by atoms with E-state index in [9.17, 15) is 15.0 Å². The fourth-order valence-electron chi connectivity index (χ4n) is 3.02. The summed E-state index contributed by atoms with van der Waals surface area (Å²) in [5.74, 6) is -0.868. The summed E-state index contributed by atoms with van der Waals surface area (Å²) in [7, 11) is 0. The molecule has 0 fully saturated rings. The van der Waals surface area contributed by atoms with E-state index in [2.05, 4.69) is 18.2 Å². The summed E-state index contributed by atoms with van der Waals surface area (Å²) in [6.07, 6.45) is 2.96. The Morgan fingerprint density at radius 3 is 2.56 bits per heavy atom. The Morgan fingerprint density at radius 2 is 1.88 bits per heavy atom. The molecule has 0 aromatic heterocycles. The van der Waals surface area contributed by atoms with E-state index in [0.717, 1.165) is 5.56 Å². The first kappa shape index (κ1) is 19.4. The minimum Gasteiger partial charge on any atom is -0.393 e. The lowest BCUT2D eigenvalue weighted by molar-refractivity contribution is -0.123. The van der Waals surface area contributed by atoms with Crippen molar-refractivity contribution in [3.8, 4) is 0 Å². The molecule has 0 aliphatic heterocycles. The van der Waals surface area contributed by atoms with Gasteiger partial charge in [0.05, 0.1) is 11.7 Å². The predicted octanol–water partition coefficient (Wildman–Crippen LogP) is 2.99. The topological polar surface area (TPSA) is 83.6 Å². The minimum absolute atomic E-state index is 0.288. The van der Waals surface area contributed by atoms with Gasteiger partial charge in [-0.15, -0.1) is 0 Å². The summed E-state index contributed by atoms with van der Waals surface area (Å²) in [5, 5.41) is 22.5. The third-order valence-corrected chi connectivity index (χ3v) is 4.52. The van der Waals surface area contributed by atoms with Gasteiger partial charge >= 0.3 is 0 Å². The predicted molar refractivity (Wildman–Crippen MR) is 101 cm³/mol. The second-order valence-electron chi connectivity index (χ2n) is 7.33. The third-order valence-electron chi connectivity index (χ3n) is 4.52. The fraction of sp³-hybridized carbons (Fsp3) is 0.429. The molecular weight excluding hydrogens is 314 g/mol. The lowest BCUT2D eigenvalue weighted by Gasteiger charge is -2.22. The molecule has 1 radical (unpaired) electrons. The van der Waals surface area contributed by atoms with Crippen molar-refractivity contribution < 1.29 is 15.0 Å². The van der Waals surface area contributed by atoms with Gasteiger partial charge in [-0.05, 0) is 62.3 Å². The maximum absolute atomic E-state index is 11.6. The average Bonchev–Trinajstić information content (AvgIpc) is 2.55. The zero-order valence-electron chi connectivity index (χ0n) is 15.0. The van der Waals surface area contributed by atoms with E-state index in [-0.39, 0.29) is 6.42 Å². The number of carbonyl (C=O) groups excluding carboxylic acids is 1. The van der Waals surface area contributed by atoms with E-state index < -0.39 is 23.5 Å². The summed E-state index contributed by atoms with van der Waals surface area (Å²) >= 11 is 0. The lowest BCUT2D eigenvalue weighted by Crippen LogP contribution is -2.30. The first-order valence-electron chi connectivity index (χ1n) is 8.76. The Labute approximate surface area is 149 Å². The minimum atomic E-state index is -0.842. The molecule has 4 nitrogen and oxygen atoms in total. The van der Waals surface area contributed by atoms with Crippen LogP contribution in [-0.4, -0.2) is 27.8 Å². The van der Waals surface area contributed by atoms with Crippen LogP contribution >= 0.6 is 0 Å². The van der Waals surface area contributed by atoms with Crippen LogP contribution in [0.5, 0.6) is 0 Å². The number of benzene rings is 2. The molecule has 4 heteroatoms. The number of fused-ring (bicyclic) bond motifs is 1. The number of hydrogen-bond donors (Lipinski definition) is 3. The average molecular weight is 342 g/mol. The zero-order chi connectivity index (χ0) is 18.4. The van der Waals surface area contributed by atoms with Gasteiger partial charge in [0.2, 0.25) is 5.91 Å². The number of amides is 1. The van der Waals surface area contributed by atoms with E-state index >= 15 is 0 Å². The number of aliphatic hydroxyl groups excluding tert-OH is 1. The molecule has 0 saturated heterocycles. The van der Waals surface area contributed by atoms with Gasteiger partial charge < -0.3 is 15.9 Å². The highest BCUT2D eigenvalue weighted by molar-refractivity contribution is 5.85. The van der Waals surface area contributed by atoms with Crippen LogP contribution in [-0.2, 0) is 11.2 Å². The number of rotatable bonds is 9. The summed E-state index contributed by atoms with van der Waals surface area (Å²) in [4.78, 5) is 11.6. The third kappa shape index (κ3) is 6.15. The Hall–Kier alpha value is -1.91. The van der Waals surface area contributed by atoms with Crippen molar-refractivity contribution in [3.63, 3.8) is 0 Å². The molecule has 0 spiro atoms. The highest BCUT2D eigenvalue weighted by Crippen LogP contribution is 2.23. The van der Waals surface area contributed by atoms with Gasteiger partial charge in [-0.1, -0.05) is 42.5 Å². The van der Waals surface area contributed by atoms with Crippen LogP contribution in [0, 0.1) is 12.3 Å². The molecule has 0 aliphatic rings. The van der Waals surface area contributed by atoms with Gasteiger partial charge in [-0.25, -0.2) is 0 Å². The van der Waals surface area contributed by atoms with Gasteiger partial charge in [0.1, 0.15) is 0 Å². The Kier molecular flexibility index (Phi) is 6.57. The number of nitrogens with two attached hydrogens (primary N) is 1. The van der Waals surface area contributed by atoms with Gasteiger partial charge in [-0.3, -0.25) is 4.79 Å². The molecule has 1 amide bonds. The van der Waals surface area contributed by atoms with E-state index in [1.807, 2.05) is 30.7 Å². The molecule has 0 unspecified atom stereocenters. The molecule has 2 aromatic rings. The van der Waals surface area contributed by atoms with E-state index in [0.29, 0.717) is 19.3 Å². The molecule has 25 heavy (non-hydrogen) atoms. The fourth-order valence-corrected chi connectivity index (χ4v) is 3.02. The van der Waals surface area contributed by atoms with Crippen LogP contribution in [0.4, 0.5) is 0 Å². The van der Waals surface area contributed by atoms with Crippen molar-refractivity contribution >= 4 is 16.7 Å². The SMILES string of the molecule is CC(C)(O)CC[C@H](C[C@@H](O)[CH]Cc1cccc2ccccc12)C(N)=O. The maximum atomic E-state index is 11.6. The summed E-state index contributed by atoms with van der Waals surface area (Å²) in [6, 6.07) is 14.3. The Bertz CT molecular complexity index is 700. The van der Waals surface area contributed by atoms with Crippen molar-refractivity contribution in [2.75, 3.05) is 0 Å². The molecule has 135 valence electrons. The number of hydrogen-bond acceptors (Lipinski definition) is 3. The Balaban J connectivity index is 1.94. The zero-order valence-corrected chi connectivity index (χ0v) is 15.0. The van der Waals surface area contributed by atoms with Gasteiger partial charge in [0.25, 0.3) is 0 Å². The van der Waals surface area contributed by atoms with Crippen molar-refractivity contribution in [1.82, 2.24) is 0 Å². The number of primary amides is 1. The quantitative estimate of drug-likeness (QED) is 0.655. The van der Waals surface area contributed by atoms with Crippen LogP contribution in [0.1, 0.15) is 38.7 Å². The highest BCUT2D eigenvalue weighted by Gasteiger charge is 2.23. The van der Waals surface area contributed by atoms with E-state index in [1.165, 1.54) is 10.8 Å². The van der Waals surface area contributed by atoms with Crippen molar-refractivity contribution in [1.29, 1.82) is 0 Å². The lowest BCUT2D eigenvalue weighted by atomic mass is 9.89. The van der Waals surface area contributed by atoms with Gasteiger partial charge in [-0.2, -0.15) is 0 Å². The molecule has 2 aromatic carbocycles. The maximum Gasteiger partial charge on any atom is 0.220 e. The van der Waals surface area contributed by atoms with Crippen LogP contribution in [0.25, 0.3) is 10.8 Å². The standard InChI is InChI=1S/C21H28NO3/c1-21(2,25)13-12-17(20(22)24)14-18(23)11-10-16-8-5-7-15-6-3-4-9-19(15)16/h3-9,11,17-18,23,25H,10,12-14H2,1-2H3,(H2,22,24)/t17-,18+/m1/s1. The normalized spacial score (nSPS) is 14.4. The molecule has 0 aliphatic carbocycles. The second kappa shape index (κ2) is 8.45. The number of aliphatic hydroxyl groups is 2. The molecule has 0 heterocycles. The Morgan fingerprint density at radius 1 is 1.20 bits per heavy atom. The second-order valence-corrected chi connectivity index (χ2v) is 7.33. The van der Waals surface area contributed by atoms with Crippen LogP contribution in [0.2, 0.25) is 0 Å². The van der Waals surface area contributed by atoms with Crippen LogP contribution in [0.3, 0.4) is 0 Å². The van der Waals surface area contributed by atoms with Gasteiger partial charge in [0.15, 0.2) is 0 Å². The van der Waals surface area contributed by atoms with Crippen LogP contribution < -0.4 is 5.73 Å². The summed E-state index contributed by atoms with van der Waals surface area (Å²) in [5.41, 5.74) is 5.75. The molecule has 0 bridgehead atoms. The summed E-state index contributed by atoms with van der Waals surface area (Å²) in [6.45, 7) is 3.41. The van der Waals surface area contributed by atoms with Crippen molar-refractivity contribution in [2.24, 2.45) is 11.7 Å². The van der Waals surface area contributed by atoms with Crippen molar-refractivity contribution in [3.05, 3.63) is 54.4 Å². The van der Waals surface area contributed by atoms with E-state index in [4.69, 9.17) is 5.73 Å². The molecule has 2 atom stereocenters. The monoisotopic (exact) mass is 342 g/mol. The highest BCUT2D eigenvalue weighted by atomic mass is 16.3. The first-order chi connectivity index (χ1) is 11.8. The molecule has 2 rings (SSSR count). The molecular formula is C21H28NO3. The van der Waals surface area contributed by atoms with Gasteiger partial charge in [0, 0.05) is 5.92 Å². The summed E-state index contributed by atoms with van der Waals surface area (Å²) < 4.78 is 0.